The van der Waals surface area contributed by atoms with Crippen molar-refractivity contribution in [2.24, 2.45) is 5.10 Å². The highest BCUT2D eigenvalue weighted by atomic mass is 16.6. The number of methoxy groups -OCH3 is 2. The van der Waals surface area contributed by atoms with Crippen molar-refractivity contribution < 1.29 is 23.8 Å². The molecule has 200 valence electrons. The molecule has 2 N–H and O–H groups in total. The van der Waals surface area contributed by atoms with Gasteiger partial charge in [0, 0.05) is 16.5 Å². The molecule has 0 aliphatic rings. The molecule has 0 saturated heterocycles. The number of ether oxygens (including phenoxy) is 3. The number of hydrogen-bond donors (Lipinski definition) is 2. The van der Waals surface area contributed by atoms with Crippen LogP contribution in [0.5, 0.6) is 17.2 Å². The quantitative estimate of drug-likeness (QED) is 0.108. The number of benzene rings is 4. The zero-order chi connectivity index (χ0) is 28.1. The van der Waals surface area contributed by atoms with Crippen LogP contribution in [0, 0.1) is 6.92 Å². The summed E-state index contributed by atoms with van der Waals surface area (Å²) in [7, 11) is 3.09. The molecule has 5 rings (SSSR count). The van der Waals surface area contributed by atoms with Gasteiger partial charge in [0.05, 0.1) is 26.0 Å². The van der Waals surface area contributed by atoms with Crippen molar-refractivity contribution in [1.29, 1.82) is 0 Å². The molecule has 8 nitrogen and oxygen atoms in total. The minimum atomic E-state index is -0.489. The third-order valence-electron chi connectivity index (χ3n) is 6.35. The number of rotatable bonds is 8. The van der Waals surface area contributed by atoms with Crippen LogP contribution in [0.1, 0.15) is 32.0 Å². The van der Waals surface area contributed by atoms with Crippen molar-refractivity contribution in [2.75, 3.05) is 14.2 Å². The van der Waals surface area contributed by atoms with Crippen molar-refractivity contribution in [3.05, 3.63) is 113 Å². The van der Waals surface area contributed by atoms with E-state index in [2.05, 4.69) is 15.5 Å². The van der Waals surface area contributed by atoms with Gasteiger partial charge < -0.3 is 19.2 Å². The number of carbonyl (C=O) groups is 2. The fourth-order valence-electron chi connectivity index (χ4n) is 4.29. The van der Waals surface area contributed by atoms with Crippen LogP contribution in [0.15, 0.2) is 96.1 Å². The van der Waals surface area contributed by atoms with E-state index in [4.69, 9.17) is 14.2 Å². The number of aryl methyl sites for hydroxylation is 1. The van der Waals surface area contributed by atoms with E-state index in [9.17, 15) is 9.59 Å². The van der Waals surface area contributed by atoms with Crippen LogP contribution < -0.4 is 19.6 Å². The minimum Gasteiger partial charge on any atom is -0.497 e. The first-order valence-electron chi connectivity index (χ1n) is 12.5. The number of aromatic amines is 1. The molecule has 0 spiro atoms. The predicted octanol–water partition coefficient (Wildman–Crippen LogP) is 6.14. The lowest BCUT2D eigenvalue weighted by atomic mass is 10.0. The maximum Gasteiger partial charge on any atom is 0.343 e. The van der Waals surface area contributed by atoms with E-state index < -0.39 is 11.9 Å². The van der Waals surface area contributed by atoms with E-state index in [-0.39, 0.29) is 5.75 Å². The third-order valence-corrected chi connectivity index (χ3v) is 6.35. The largest absolute Gasteiger partial charge is 0.497 e. The van der Waals surface area contributed by atoms with E-state index in [0.717, 1.165) is 27.6 Å². The predicted molar refractivity (Wildman–Crippen MR) is 154 cm³/mol. The number of H-pyrrole nitrogens is 1. The van der Waals surface area contributed by atoms with Crippen molar-refractivity contribution in [3.8, 4) is 28.4 Å². The van der Waals surface area contributed by atoms with Crippen LogP contribution in [0.3, 0.4) is 0 Å². The summed E-state index contributed by atoms with van der Waals surface area (Å²) in [6.07, 6.45) is 1.49. The van der Waals surface area contributed by atoms with Crippen molar-refractivity contribution >= 4 is 29.0 Å². The second-order valence-corrected chi connectivity index (χ2v) is 9.02. The summed E-state index contributed by atoms with van der Waals surface area (Å²) < 4.78 is 16.3. The third kappa shape index (κ3) is 5.56. The maximum absolute atomic E-state index is 13.2. The van der Waals surface area contributed by atoms with Gasteiger partial charge in [-0.15, -0.1) is 0 Å². The highest BCUT2D eigenvalue weighted by molar-refractivity contribution is 6.10. The number of nitrogens with zero attached hydrogens (tertiary/aromatic N) is 1. The summed E-state index contributed by atoms with van der Waals surface area (Å²) in [5, 5.41) is 5.01. The number of esters is 1. The van der Waals surface area contributed by atoms with Gasteiger partial charge in [-0.2, -0.15) is 5.10 Å². The monoisotopic (exact) mass is 533 g/mol. The lowest BCUT2D eigenvalue weighted by Gasteiger charge is -2.10. The van der Waals surface area contributed by atoms with Crippen LogP contribution in [0.25, 0.3) is 22.0 Å². The number of hydrogen-bond acceptors (Lipinski definition) is 6. The first kappa shape index (κ1) is 26.2. The molecule has 1 heterocycles. The molecule has 0 bridgehead atoms. The van der Waals surface area contributed by atoms with E-state index in [0.29, 0.717) is 28.3 Å². The Balaban J connectivity index is 1.35. The average molecular weight is 534 g/mol. The second kappa shape index (κ2) is 11.6. The zero-order valence-corrected chi connectivity index (χ0v) is 22.2. The summed E-state index contributed by atoms with van der Waals surface area (Å²) in [6.45, 7) is 1.95. The van der Waals surface area contributed by atoms with Crippen LogP contribution in [0.2, 0.25) is 0 Å². The van der Waals surface area contributed by atoms with Gasteiger partial charge in [0.25, 0.3) is 5.91 Å². The lowest BCUT2D eigenvalue weighted by Crippen LogP contribution is -2.18. The van der Waals surface area contributed by atoms with Crippen molar-refractivity contribution in [2.45, 2.75) is 6.92 Å². The SMILES string of the molecule is COc1ccc2[nH]c(C(=O)NN=Cc3ccc(OC(=O)c4ccc(C)cc4)c(OC)c3)c(-c3ccccc3)c2c1. The first-order chi connectivity index (χ1) is 19.5. The van der Waals surface area contributed by atoms with Crippen LogP contribution in [-0.2, 0) is 0 Å². The molecule has 4 aromatic carbocycles. The molecule has 1 aromatic heterocycles. The topological polar surface area (TPSA) is 102 Å². The standard InChI is InChI=1S/C32H27N3O5/c1-20-9-12-23(13-10-20)32(37)40-27-16-11-21(17-28(27)39-3)19-33-35-31(36)30-29(22-7-5-4-6-8-22)25-18-24(38-2)14-15-26(25)34-30/h4-19,34H,1-3H3,(H,35,36). The number of aromatic nitrogens is 1. The molecule has 0 radical (unpaired) electrons. The normalized spacial score (nSPS) is 11.0. The van der Waals surface area contributed by atoms with Gasteiger partial charge in [-0.25, -0.2) is 10.2 Å². The smallest absolute Gasteiger partial charge is 0.343 e. The number of nitrogens with one attached hydrogen (secondary N) is 2. The zero-order valence-electron chi connectivity index (χ0n) is 22.2. The summed E-state index contributed by atoms with van der Waals surface area (Å²) in [5.74, 6) is 0.426. The molecular formula is C32H27N3O5. The summed E-state index contributed by atoms with van der Waals surface area (Å²) in [5.41, 5.74) is 7.54. The molecule has 1 amide bonds. The van der Waals surface area contributed by atoms with Crippen LogP contribution in [-0.4, -0.2) is 37.3 Å². The molecule has 8 heteroatoms. The number of hydrazone groups is 1. The molecule has 40 heavy (non-hydrogen) atoms. The second-order valence-electron chi connectivity index (χ2n) is 9.02. The Morgan fingerprint density at radius 2 is 1.62 bits per heavy atom. The van der Waals surface area contributed by atoms with E-state index in [1.807, 2.05) is 67.6 Å². The Labute approximate surface area is 231 Å². The highest BCUT2D eigenvalue weighted by Gasteiger charge is 2.20. The Morgan fingerprint density at radius 1 is 0.850 bits per heavy atom. The Morgan fingerprint density at radius 3 is 2.35 bits per heavy atom. The van der Waals surface area contributed by atoms with E-state index >= 15 is 0 Å². The molecule has 0 atom stereocenters. The first-order valence-corrected chi connectivity index (χ1v) is 12.5. The molecule has 0 aliphatic carbocycles. The Kier molecular flexibility index (Phi) is 7.59. The molecule has 0 aliphatic heterocycles. The van der Waals surface area contributed by atoms with Gasteiger partial charge in [-0.1, -0.05) is 48.0 Å². The molecule has 0 fully saturated rings. The van der Waals surface area contributed by atoms with E-state index in [1.54, 1.807) is 37.4 Å². The maximum atomic E-state index is 13.2. The highest BCUT2D eigenvalue weighted by Crippen LogP contribution is 2.34. The van der Waals surface area contributed by atoms with Gasteiger partial charge in [0.1, 0.15) is 11.4 Å². The Bertz CT molecular complexity index is 1710. The van der Waals surface area contributed by atoms with Gasteiger partial charge in [-0.05, 0) is 66.6 Å². The fraction of sp³-hybridized carbons (Fsp3) is 0.0938. The summed E-state index contributed by atoms with van der Waals surface area (Å²) in [6, 6.07) is 27.4. The van der Waals surface area contributed by atoms with Gasteiger partial charge in [-0.3, -0.25) is 4.79 Å². The number of carbonyl (C=O) groups excluding carboxylic acids is 2. The summed E-state index contributed by atoms with van der Waals surface area (Å²) >= 11 is 0. The molecular weight excluding hydrogens is 506 g/mol. The van der Waals surface area contributed by atoms with Crippen molar-refractivity contribution in [3.63, 3.8) is 0 Å². The van der Waals surface area contributed by atoms with E-state index in [1.165, 1.54) is 13.3 Å². The molecule has 5 aromatic rings. The minimum absolute atomic E-state index is 0.273. The van der Waals surface area contributed by atoms with Crippen molar-refractivity contribution in [1.82, 2.24) is 10.4 Å². The fourth-order valence-corrected chi connectivity index (χ4v) is 4.29. The van der Waals surface area contributed by atoms with Gasteiger partial charge in [0.15, 0.2) is 11.5 Å². The van der Waals surface area contributed by atoms with Crippen LogP contribution in [0.4, 0.5) is 0 Å². The Hall–Kier alpha value is -5.37. The molecule has 0 unspecified atom stereocenters. The summed E-state index contributed by atoms with van der Waals surface area (Å²) in [4.78, 5) is 29.0. The van der Waals surface area contributed by atoms with Gasteiger partial charge in [0.2, 0.25) is 0 Å². The number of fused-ring (bicyclic) bond motifs is 1. The lowest BCUT2D eigenvalue weighted by molar-refractivity contribution is 0.0729. The molecule has 0 saturated carbocycles. The number of amides is 1. The average Bonchev–Trinajstić information content (AvgIpc) is 3.37. The van der Waals surface area contributed by atoms with Crippen LogP contribution >= 0.6 is 0 Å². The van der Waals surface area contributed by atoms with Gasteiger partial charge >= 0.3 is 5.97 Å².